The molecule has 0 aromatic rings. The Kier molecular flexibility index (Phi) is 6.11. The van der Waals surface area contributed by atoms with E-state index in [0.717, 1.165) is 19.4 Å². The normalized spacial score (nSPS) is 9.40. The maximum Gasteiger partial charge on any atom is 0.247 e. The molecule has 0 radical (unpaired) electrons. The molecule has 0 aromatic carbocycles. The van der Waals surface area contributed by atoms with Crippen LogP contribution in [0.4, 0.5) is 0 Å². The molecule has 10 heavy (non-hydrogen) atoms. The van der Waals surface area contributed by atoms with Crippen LogP contribution < -0.4 is 16.6 Å². The third-order valence-corrected chi connectivity index (χ3v) is 1.15. The number of carbonyl (C=O) groups excluding carboxylic acids is 1. The number of amides is 1. The van der Waals surface area contributed by atoms with Crippen molar-refractivity contribution >= 4 is 5.91 Å². The van der Waals surface area contributed by atoms with E-state index in [-0.39, 0.29) is 5.91 Å². The number of hydrazine groups is 1. The van der Waals surface area contributed by atoms with Crippen LogP contribution in [-0.2, 0) is 4.79 Å². The summed E-state index contributed by atoms with van der Waals surface area (Å²) >= 11 is 0. The van der Waals surface area contributed by atoms with E-state index in [1.807, 2.05) is 5.43 Å². The van der Waals surface area contributed by atoms with Crippen LogP contribution in [0.1, 0.15) is 19.8 Å². The first kappa shape index (κ1) is 9.39. The van der Waals surface area contributed by atoms with Crippen molar-refractivity contribution in [2.45, 2.75) is 19.8 Å². The lowest BCUT2D eigenvalue weighted by Gasteiger charge is -2.00. The number of carbonyl (C=O) groups is 1. The summed E-state index contributed by atoms with van der Waals surface area (Å²) in [6.45, 7) is 3.30. The van der Waals surface area contributed by atoms with Gasteiger partial charge in [0, 0.05) is 0 Å². The molecule has 4 nitrogen and oxygen atoms in total. The minimum Gasteiger partial charge on any atom is -0.308 e. The molecule has 0 unspecified atom stereocenters. The van der Waals surface area contributed by atoms with E-state index < -0.39 is 0 Å². The zero-order valence-corrected chi connectivity index (χ0v) is 6.31. The van der Waals surface area contributed by atoms with Gasteiger partial charge in [-0.3, -0.25) is 10.2 Å². The van der Waals surface area contributed by atoms with Crippen molar-refractivity contribution in [2.24, 2.45) is 5.84 Å². The molecular weight excluding hydrogens is 130 g/mol. The van der Waals surface area contributed by atoms with Crippen LogP contribution in [0.25, 0.3) is 0 Å². The van der Waals surface area contributed by atoms with E-state index in [1.54, 1.807) is 0 Å². The van der Waals surface area contributed by atoms with E-state index in [1.165, 1.54) is 0 Å². The molecule has 0 saturated heterocycles. The molecule has 0 atom stereocenters. The van der Waals surface area contributed by atoms with Gasteiger partial charge in [-0.2, -0.15) is 0 Å². The number of rotatable bonds is 5. The molecule has 4 heteroatoms. The second kappa shape index (κ2) is 6.51. The molecule has 0 aliphatic carbocycles. The monoisotopic (exact) mass is 145 g/mol. The fourth-order valence-electron chi connectivity index (χ4n) is 0.555. The fraction of sp³-hybridized carbons (Fsp3) is 0.833. The topological polar surface area (TPSA) is 67.2 Å². The number of hydrogen-bond donors (Lipinski definition) is 3. The summed E-state index contributed by atoms with van der Waals surface area (Å²) in [5.74, 6) is 4.68. The van der Waals surface area contributed by atoms with Gasteiger partial charge < -0.3 is 5.32 Å². The van der Waals surface area contributed by atoms with Crippen molar-refractivity contribution in [3.63, 3.8) is 0 Å². The van der Waals surface area contributed by atoms with Crippen LogP contribution in [0.5, 0.6) is 0 Å². The first-order chi connectivity index (χ1) is 4.81. The first-order valence-electron chi connectivity index (χ1n) is 3.51. The number of unbranched alkanes of at least 4 members (excludes halogenated alkanes) is 1. The summed E-state index contributed by atoms with van der Waals surface area (Å²) in [4.78, 5) is 10.5. The Bertz CT molecular complexity index is 95.0. The maximum atomic E-state index is 10.5. The predicted octanol–water partition coefficient (Wildman–Crippen LogP) is -0.634. The zero-order chi connectivity index (χ0) is 7.82. The van der Waals surface area contributed by atoms with E-state index in [2.05, 4.69) is 12.2 Å². The molecule has 4 N–H and O–H groups in total. The van der Waals surface area contributed by atoms with Gasteiger partial charge in [0.2, 0.25) is 5.91 Å². The molecular formula is C6H15N3O. The van der Waals surface area contributed by atoms with Gasteiger partial charge in [0.15, 0.2) is 0 Å². The Morgan fingerprint density at radius 2 is 2.30 bits per heavy atom. The zero-order valence-electron chi connectivity index (χ0n) is 6.31. The molecule has 0 heterocycles. The average molecular weight is 145 g/mol. The molecule has 1 amide bonds. The van der Waals surface area contributed by atoms with Crippen LogP contribution in [-0.4, -0.2) is 19.0 Å². The highest BCUT2D eigenvalue weighted by Crippen LogP contribution is 1.80. The third kappa shape index (κ3) is 5.53. The van der Waals surface area contributed by atoms with E-state index in [4.69, 9.17) is 5.84 Å². The molecule has 60 valence electrons. The molecule has 0 spiro atoms. The quantitative estimate of drug-likeness (QED) is 0.209. The highest BCUT2D eigenvalue weighted by Gasteiger charge is 1.93. The highest BCUT2D eigenvalue weighted by molar-refractivity contribution is 5.77. The largest absolute Gasteiger partial charge is 0.308 e. The van der Waals surface area contributed by atoms with Crippen molar-refractivity contribution in [1.29, 1.82) is 0 Å². The Morgan fingerprint density at radius 1 is 1.60 bits per heavy atom. The lowest BCUT2D eigenvalue weighted by molar-refractivity contribution is -0.120. The standard InChI is InChI=1S/C6H15N3O/c1-2-3-4-8-5-6(10)9-7/h8H,2-5,7H2,1H3,(H,9,10). The van der Waals surface area contributed by atoms with Gasteiger partial charge in [0.25, 0.3) is 0 Å². The van der Waals surface area contributed by atoms with Crippen LogP contribution in [0.3, 0.4) is 0 Å². The van der Waals surface area contributed by atoms with Gasteiger partial charge in [0.1, 0.15) is 0 Å². The molecule has 0 aliphatic rings. The summed E-state index contributed by atoms with van der Waals surface area (Å²) < 4.78 is 0. The fourth-order valence-corrected chi connectivity index (χ4v) is 0.555. The summed E-state index contributed by atoms with van der Waals surface area (Å²) in [7, 11) is 0. The molecule has 0 aromatic heterocycles. The van der Waals surface area contributed by atoms with Crippen LogP contribution >= 0.6 is 0 Å². The van der Waals surface area contributed by atoms with Crippen molar-refractivity contribution < 1.29 is 4.79 Å². The second-order valence-corrected chi connectivity index (χ2v) is 2.10. The number of hydrogen-bond acceptors (Lipinski definition) is 3. The van der Waals surface area contributed by atoms with Gasteiger partial charge in [-0.25, -0.2) is 5.84 Å². The lowest BCUT2D eigenvalue weighted by atomic mass is 10.3. The van der Waals surface area contributed by atoms with Crippen molar-refractivity contribution in [1.82, 2.24) is 10.7 Å². The van der Waals surface area contributed by atoms with Gasteiger partial charge in [-0.15, -0.1) is 0 Å². The van der Waals surface area contributed by atoms with Crippen LogP contribution in [0.15, 0.2) is 0 Å². The SMILES string of the molecule is CCCCNCC(=O)NN. The van der Waals surface area contributed by atoms with Crippen molar-refractivity contribution in [3.05, 3.63) is 0 Å². The molecule has 0 fully saturated rings. The number of nitrogens with two attached hydrogens (primary N) is 1. The highest BCUT2D eigenvalue weighted by atomic mass is 16.2. The van der Waals surface area contributed by atoms with Gasteiger partial charge in [0.05, 0.1) is 6.54 Å². The van der Waals surface area contributed by atoms with Crippen LogP contribution in [0, 0.1) is 0 Å². The molecule has 0 bridgehead atoms. The van der Waals surface area contributed by atoms with Crippen LogP contribution in [0.2, 0.25) is 0 Å². The Balaban J connectivity index is 2.96. The second-order valence-electron chi connectivity index (χ2n) is 2.10. The Hall–Kier alpha value is -0.610. The summed E-state index contributed by atoms with van der Waals surface area (Å²) in [6.07, 6.45) is 2.23. The minimum absolute atomic E-state index is 0.170. The number of nitrogens with one attached hydrogen (secondary N) is 2. The molecule has 0 rings (SSSR count). The summed E-state index contributed by atoms with van der Waals surface area (Å²) in [6, 6.07) is 0. The minimum atomic E-state index is -0.170. The maximum absolute atomic E-state index is 10.5. The smallest absolute Gasteiger partial charge is 0.247 e. The van der Waals surface area contributed by atoms with Gasteiger partial charge in [-0.1, -0.05) is 13.3 Å². The van der Waals surface area contributed by atoms with Crippen molar-refractivity contribution in [3.8, 4) is 0 Å². The first-order valence-corrected chi connectivity index (χ1v) is 3.51. The Morgan fingerprint density at radius 3 is 2.80 bits per heavy atom. The van der Waals surface area contributed by atoms with E-state index >= 15 is 0 Å². The van der Waals surface area contributed by atoms with E-state index in [0.29, 0.717) is 6.54 Å². The lowest BCUT2D eigenvalue weighted by Crippen LogP contribution is -2.38. The predicted molar refractivity (Wildman–Crippen MR) is 40.1 cm³/mol. The summed E-state index contributed by atoms with van der Waals surface area (Å²) in [5.41, 5.74) is 2.04. The van der Waals surface area contributed by atoms with Gasteiger partial charge >= 0.3 is 0 Å². The van der Waals surface area contributed by atoms with E-state index in [9.17, 15) is 4.79 Å². The molecule has 0 aliphatic heterocycles. The Labute approximate surface area is 61.1 Å². The van der Waals surface area contributed by atoms with Gasteiger partial charge in [-0.05, 0) is 13.0 Å². The average Bonchev–Trinajstić information content (AvgIpc) is 1.98. The third-order valence-electron chi connectivity index (χ3n) is 1.15. The summed E-state index contributed by atoms with van der Waals surface area (Å²) in [5, 5.41) is 2.94. The van der Waals surface area contributed by atoms with Crippen molar-refractivity contribution in [2.75, 3.05) is 13.1 Å². The molecule has 0 saturated carbocycles.